The zero-order valence-corrected chi connectivity index (χ0v) is 18.7. The molecule has 1 amide bonds. The fourth-order valence-electron chi connectivity index (χ4n) is 3.18. The van der Waals surface area contributed by atoms with E-state index in [1.165, 1.54) is 19.4 Å². The number of hydrogen-bond donors (Lipinski definition) is 2. The lowest BCUT2D eigenvalue weighted by atomic mass is 10.2. The Balaban J connectivity index is 1.70. The van der Waals surface area contributed by atoms with Gasteiger partial charge in [-0.15, -0.1) is 0 Å². The molecule has 33 heavy (non-hydrogen) atoms. The SMILES string of the molecule is [2H]C([2H])([2H])c1c(CNC(=O)c2ccc(OC)cn2)nc(N2CCOCC2)nc1Nc1ccc(Cl)cc1. The van der Waals surface area contributed by atoms with E-state index in [2.05, 4.69) is 25.6 Å². The van der Waals surface area contributed by atoms with E-state index in [-0.39, 0.29) is 29.3 Å². The molecule has 3 heterocycles. The van der Waals surface area contributed by atoms with E-state index in [1.807, 2.05) is 4.90 Å². The number of methoxy groups -OCH3 is 1. The summed E-state index contributed by atoms with van der Waals surface area (Å²) in [7, 11) is 1.50. The van der Waals surface area contributed by atoms with Crippen LogP contribution in [0.5, 0.6) is 5.75 Å². The quantitative estimate of drug-likeness (QED) is 0.541. The molecule has 1 aliphatic rings. The van der Waals surface area contributed by atoms with Crippen LogP contribution in [0.2, 0.25) is 5.02 Å². The summed E-state index contributed by atoms with van der Waals surface area (Å²) in [6, 6.07) is 9.95. The molecule has 0 saturated carbocycles. The number of rotatable bonds is 7. The molecular formula is C23H25ClN6O3. The van der Waals surface area contributed by atoms with Crippen molar-refractivity contribution in [2.45, 2.75) is 13.4 Å². The highest BCUT2D eigenvalue weighted by molar-refractivity contribution is 6.30. The Morgan fingerprint density at radius 3 is 2.67 bits per heavy atom. The molecule has 4 rings (SSSR count). The highest BCUT2D eigenvalue weighted by Gasteiger charge is 2.19. The van der Waals surface area contributed by atoms with Gasteiger partial charge in [-0.2, -0.15) is 4.98 Å². The molecule has 10 heteroatoms. The lowest BCUT2D eigenvalue weighted by Crippen LogP contribution is -2.38. The monoisotopic (exact) mass is 471 g/mol. The molecule has 1 aromatic carbocycles. The van der Waals surface area contributed by atoms with Crippen molar-refractivity contribution in [3.05, 3.63) is 64.6 Å². The molecule has 0 aliphatic carbocycles. The fraction of sp³-hybridized carbons (Fsp3) is 0.304. The minimum atomic E-state index is -2.56. The number of morpholine rings is 1. The predicted octanol–water partition coefficient (Wildman–Crippen LogP) is 3.35. The first-order valence-corrected chi connectivity index (χ1v) is 10.7. The van der Waals surface area contributed by atoms with E-state index < -0.39 is 12.8 Å². The van der Waals surface area contributed by atoms with Crippen LogP contribution in [0.15, 0.2) is 42.6 Å². The van der Waals surface area contributed by atoms with Crippen LogP contribution in [0.3, 0.4) is 0 Å². The van der Waals surface area contributed by atoms with Crippen molar-refractivity contribution >= 4 is 35.0 Å². The fourth-order valence-corrected chi connectivity index (χ4v) is 3.30. The van der Waals surface area contributed by atoms with E-state index in [1.54, 1.807) is 30.3 Å². The summed E-state index contributed by atoms with van der Waals surface area (Å²) in [6.07, 6.45) is 1.43. The molecule has 0 spiro atoms. The number of anilines is 3. The normalized spacial score (nSPS) is 15.2. The van der Waals surface area contributed by atoms with Gasteiger partial charge in [0.25, 0.3) is 5.91 Å². The lowest BCUT2D eigenvalue weighted by molar-refractivity contribution is 0.0945. The van der Waals surface area contributed by atoms with Gasteiger partial charge < -0.3 is 25.0 Å². The molecule has 172 valence electrons. The highest BCUT2D eigenvalue weighted by Crippen LogP contribution is 2.25. The summed E-state index contributed by atoms with van der Waals surface area (Å²) >= 11 is 5.99. The van der Waals surface area contributed by atoms with Crippen molar-refractivity contribution < 1.29 is 18.4 Å². The minimum absolute atomic E-state index is 0.0857. The van der Waals surface area contributed by atoms with Gasteiger partial charge in [0.15, 0.2) is 0 Å². The first kappa shape index (κ1) is 19.1. The number of ether oxygens (including phenoxy) is 2. The highest BCUT2D eigenvalue weighted by atomic mass is 35.5. The third-order valence-electron chi connectivity index (χ3n) is 4.99. The summed E-state index contributed by atoms with van der Waals surface area (Å²) in [6.45, 7) is -0.602. The van der Waals surface area contributed by atoms with Gasteiger partial charge in [0.05, 0.1) is 38.8 Å². The summed E-state index contributed by atoms with van der Waals surface area (Å²) in [5, 5.41) is 6.36. The summed E-state index contributed by atoms with van der Waals surface area (Å²) in [5.74, 6) is 0.503. The van der Waals surface area contributed by atoms with Gasteiger partial charge in [-0.1, -0.05) is 11.6 Å². The third kappa shape index (κ3) is 5.68. The van der Waals surface area contributed by atoms with Crippen LogP contribution < -0.4 is 20.3 Å². The van der Waals surface area contributed by atoms with Crippen molar-refractivity contribution in [3.8, 4) is 5.75 Å². The summed E-state index contributed by atoms with van der Waals surface area (Å²) in [4.78, 5) is 27.8. The van der Waals surface area contributed by atoms with Gasteiger partial charge >= 0.3 is 0 Å². The lowest BCUT2D eigenvalue weighted by Gasteiger charge is -2.28. The number of nitrogens with one attached hydrogen (secondary N) is 2. The minimum Gasteiger partial charge on any atom is -0.495 e. The number of carbonyl (C=O) groups excluding carboxylic acids is 1. The molecule has 9 nitrogen and oxygen atoms in total. The van der Waals surface area contributed by atoms with Crippen molar-refractivity contribution in [1.82, 2.24) is 20.3 Å². The second kappa shape index (κ2) is 10.5. The van der Waals surface area contributed by atoms with Crippen LogP contribution in [0, 0.1) is 6.85 Å². The van der Waals surface area contributed by atoms with Crippen LogP contribution in [0.25, 0.3) is 0 Å². The van der Waals surface area contributed by atoms with Crippen LogP contribution in [0.1, 0.15) is 25.9 Å². The predicted molar refractivity (Wildman–Crippen MR) is 126 cm³/mol. The second-order valence-corrected chi connectivity index (χ2v) is 7.63. The average molecular weight is 472 g/mol. The van der Waals surface area contributed by atoms with Crippen LogP contribution in [0.4, 0.5) is 17.5 Å². The molecule has 0 bridgehead atoms. The van der Waals surface area contributed by atoms with Crippen molar-refractivity contribution in [2.75, 3.05) is 43.6 Å². The van der Waals surface area contributed by atoms with Gasteiger partial charge in [-0.3, -0.25) is 4.79 Å². The van der Waals surface area contributed by atoms with E-state index in [0.717, 1.165) is 0 Å². The molecule has 1 fully saturated rings. The third-order valence-corrected chi connectivity index (χ3v) is 5.25. The average Bonchev–Trinajstić information content (AvgIpc) is 2.88. The number of aromatic nitrogens is 3. The zero-order chi connectivity index (χ0) is 25.7. The molecule has 0 atom stereocenters. The first-order chi connectivity index (χ1) is 17.2. The molecule has 0 radical (unpaired) electrons. The summed E-state index contributed by atoms with van der Waals surface area (Å²) < 4.78 is 35.0. The Morgan fingerprint density at radius 1 is 1.21 bits per heavy atom. The Labute approximate surface area is 201 Å². The Bertz CT molecular complexity index is 1200. The number of benzene rings is 1. The van der Waals surface area contributed by atoms with Crippen LogP contribution >= 0.6 is 11.6 Å². The Morgan fingerprint density at radius 2 is 2.00 bits per heavy atom. The van der Waals surface area contributed by atoms with Gasteiger partial charge in [0, 0.05) is 33.5 Å². The maximum atomic E-state index is 12.7. The Hall–Kier alpha value is -3.43. The van der Waals surface area contributed by atoms with Gasteiger partial charge in [-0.05, 0) is 43.3 Å². The van der Waals surface area contributed by atoms with E-state index >= 15 is 0 Å². The number of pyridine rings is 1. The van der Waals surface area contributed by atoms with Gasteiger partial charge in [0.1, 0.15) is 17.3 Å². The van der Waals surface area contributed by atoms with E-state index in [4.69, 9.17) is 25.2 Å². The topological polar surface area (TPSA) is 102 Å². The number of nitrogens with zero attached hydrogens (tertiary/aromatic N) is 4. The largest absolute Gasteiger partial charge is 0.495 e. The molecule has 1 saturated heterocycles. The maximum Gasteiger partial charge on any atom is 0.270 e. The molecule has 2 N–H and O–H groups in total. The molecule has 0 unspecified atom stereocenters. The number of halogens is 1. The maximum absolute atomic E-state index is 12.7. The molecule has 1 aliphatic heterocycles. The summed E-state index contributed by atoms with van der Waals surface area (Å²) in [5.41, 5.74) is 0.851. The van der Waals surface area contributed by atoms with Crippen LogP contribution in [-0.4, -0.2) is 54.3 Å². The van der Waals surface area contributed by atoms with Gasteiger partial charge in [0.2, 0.25) is 5.95 Å². The zero-order valence-electron chi connectivity index (χ0n) is 21.0. The van der Waals surface area contributed by atoms with Crippen molar-refractivity contribution in [1.29, 1.82) is 0 Å². The molecular weight excluding hydrogens is 444 g/mol. The number of amides is 1. The van der Waals surface area contributed by atoms with Crippen molar-refractivity contribution in [3.63, 3.8) is 0 Å². The van der Waals surface area contributed by atoms with Gasteiger partial charge in [-0.25, -0.2) is 9.97 Å². The first-order valence-electron chi connectivity index (χ1n) is 11.8. The Kier molecular flexibility index (Phi) is 6.05. The smallest absolute Gasteiger partial charge is 0.270 e. The standard InChI is InChI=1S/C23H25ClN6O3/c1-15-20(14-26-22(31)19-8-7-18(32-2)13-25-19)28-23(30-9-11-33-12-10-30)29-21(15)27-17-5-3-16(24)4-6-17/h3-8,13H,9-12,14H2,1-2H3,(H,26,31)(H,27,28,29)/i1D3. The van der Waals surface area contributed by atoms with E-state index in [9.17, 15) is 4.79 Å². The number of hydrogen-bond acceptors (Lipinski definition) is 8. The molecule has 3 aromatic rings. The van der Waals surface area contributed by atoms with Crippen LogP contribution in [-0.2, 0) is 11.3 Å². The second-order valence-electron chi connectivity index (χ2n) is 7.19. The number of carbonyl (C=O) groups is 1. The van der Waals surface area contributed by atoms with E-state index in [0.29, 0.717) is 48.7 Å². The van der Waals surface area contributed by atoms with Crippen molar-refractivity contribution in [2.24, 2.45) is 0 Å². The molecule has 2 aromatic heterocycles.